The van der Waals surface area contributed by atoms with Crippen molar-refractivity contribution in [2.75, 3.05) is 13.3 Å². The molecule has 0 aromatic heterocycles. The molecular formula is C14H19F4NO. The zero-order chi connectivity index (χ0) is 15.2. The molecule has 0 saturated heterocycles. The van der Waals surface area contributed by atoms with Crippen molar-refractivity contribution < 1.29 is 22.3 Å². The fourth-order valence-electron chi connectivity index (χ4n) is 1.59. The average molecular weight is 293 g/mol. The van der Waals surface area contributed by atoms with E-state index in [-0.39, 0.29) is 24.8 Å². The maximum absolute atomic E-state index is 13.0. The first kappa shape index (κ1) is 16.8. The molecule has 0 unspecified atom stereocenters. The largest absolute Gasteiger partial charge is 0.493 e. The molecule has 1 rings (SSSR count). The standard InChI is InChI=1S/C14H19F4NO/c1-10(2)19-9-11-4-5-13(20-7-3-6-15)12(8-11)14(16,17)18/h4-5,8,10,19H,3,6-7,9H2,1-2H3. The summed E-state index contributed by atoms with van der Waals surface area (Å²) in [6.45, 7) is 3.50. The third-order valence-corrected chi connectivity index (χ3v) is 2.60. The fourth-order valence-corrected chi connectivity index (χ4v) is 1.59. The minimum atomic E-state index is -4.49. The van der Waals surface area contributed by atoms with Crippen LogP contribution >= 0.6 is 0 Å². The molecule has 0 fully saturated rings. The molecule has 1 aromatic rings. The number of hydrogen-bond acceptors (Lipinski definition) is 2. The maximum atomic E-state index is 13.0. The number of nitrogens with one attached hydrogen (secondary N) is 1. The number of rotatable bonds is 7. The number of ether oxygens (including phenoxy) is 1. The van der Waals surface area contributed by atoms with Crippen molar-refractivity contribution >= 4 is 0 Å². The van der Waals surface area contributed by atoms with E-state index < -0.39 is 18.4 Å². The number of alkyl halides is 4. The molecule has 0 aliphatic carbocycles. The second-order valence-corrected chi connectivity index (χ2v) is 4.75. The molecule has 0 amide bonds. The molecule has 6 heteroatoms. The highest BCUT2D eigenvalue weighted by atomic mass is 19.4. The molecule has 0 radical (unpaired) electrons. The lowest BCUT2D eigenvalue weighted by Gasteiger charge is -2.16. The monoisotopic (exact) mass is 293 g/mol. The van der Waals surface area contributed by atoms with Gasteiger partial charge in [0.15, 0.2) is 0 Å². The highest BCUT2D eigenvalue weighted by Crippen LogP contribution is 2.36. The summed E-state index contributed by atoms with van der Waals surface area (Å²) in [6.07, 6.45) is -4.41. The summed E-state index contributed by atoms with van der Waals surface area (Å²) in [5.41, 5.74) is -0.289. The van der Waals surface area contributed by atoms with Gasteiger partial charge in [-0.3, -0.25) is 4.39 Å². The number of halogens is 4. The predicted octanol–water partition coefficient (Wildman–Crippen LogP) is 3.94. The molecule has 0 bridgehead atoms. The van der Waals surface area contributed by atoms with Gasteiger partial charge in [-0.1, -0.05) is 19.9 Å². The normalized spacial score (nSPS) is 11.9. The van der Waals surface area contributed by atoms with E-state index in [4.69, 9.17) is 4.74 Å². The van der Waals surface area contributed by atoms with Crippen molar-refractivity contribution in [3.05, 3.63) is 29.3 Å². The Hall–Kier alpha value is -1.30. The first-order valence-electron chi connectivity index (χ1n) is 6.47. The predicted molar refractivity (Wildman–Crippen MR) is 69.5 cm³/mol. The van der Waals surface area contributed by atoms with E-state index in [1.807, 2.05) is 13.8 Å². The zero-order valence-electron chi connectivity index (χ0n) is 11.6. The smallest absolute Gasteiger partial charge is 0.419 e. The van der Waals surface area contributed by atoms with Crippen LogP contribution in [0.3, 0.4) is 0 Å². The molecule has 20 heavy (non-hydrogen) atoms. The molecule has 1 N–H and O–H groups in total. The van der Waals surface area contributed by atoms with E-state index >= 15 is 0 Å². The van der Waals surface area contributed by atoms with Crippen LogP contribution in [0.5, 0.6) is 5.75 Å². The Morgan fingerprint density at radius 2 is 1.95 bits per heavy atom. The van der Waals surface area contributed by atoms with Crippen molar-refractivity contribution in [1.29, 1.82) is 0 Å². The Labute approximate surface area is 116 Å². The van der Waals surface area contributed by atoms with Crippen LogP contribution in [-0.2, 0) is 12.7 Å². The number of benzene rings is 1. The van der Waals surface area contributed by atoms with Crippen molar-refractivity contribution in [3.8, 4) is 5.75 Å². The van der Waals surface area contributed by atoms with Crippen molar-refractivity contribution in [2.45, 2.75) is 39.0 Å². The van der Waals surface area contributed by atoms with E-state index in [0.717, 1.165) is 6.07 Å². The third-order valence-electron chi connectivity index (χ3n) is 2.60. The van der Waals surface area contributed by atoms with Gasteiger partial charge in [-0.05, 0) is 17.7 Å². The molecule has 0 aliphatic rings. The second-order valence-electron chi connectivity index (χ2n) is 4.75. The van der Waals surface area contributed by atoms with Crippen LogP contribution in [0.2, 0.25) is 0 Å². The van der Waals surface area contributed by atoms with Crippen LogP contribution in [-0.4, -0.2) is 19.3 Å². The zero-order valence-corrected chi connectivity index (χ0v) is 11.6. The van der Waals surface area contributed by atoms with Gasteiger partial charge in [0, 0.05) is 19.0 Å². The molecule has 0 aliphatic heterocycles. The van der Waals surface area contributed by atoms with Crippen molar-refractivity contribution in [3.63, 3.8) is 0 Å². The lowest BCUT2D eigenvalue weighted by Crippen LogP contribution is -2.22. The molecule has 1 aromatic carbocycles. The molecule has 0 spiro atoms. The lowest BCUT2D eigenvalue weighted by molar-refractivity contribution is -0.139. The average Bonchev–Trinajstić information content (AvgIpc) is 2.36. The van der Waals surface area contributed by atoms with Gasteiger partial charge in [-0.2, -0.15) is 13.2 Å². The van der Waals surface area contributed by atoms with Gasteiger partial charge in [0.1, 0.15) is 5.75 Å². The molecule has 114 valence electrons. The minimum Gasteiger partial charge on any atom is -0.493 e. The third kappa shape index (κ3) is 5.36. The quantitative estimate of drug-likeness (QED) is 0.607. The van der Waals surface area contributed by atoms with Gasteiger partial charge in [-0.25, -0.2) is 0 Å². The Balaban J connectivity index is 2.89. The van der Waals surface area contributed by atoms with Gasteiger partial charge in [0.2, 0.25) is 0 Å². The summed E-state index contributed by atoms with van der Waals surface area (Å²) in [5.74, 6) is -0.251. The van der Waals surface area contributed by atoms with Gasteiger partial charge in [-0.15, -0.1) is 0 Å². The first-order valence-corrected chi connectivity index (χ1v) is 6.47. The summed E-state index contributed by atoms with van der Waals surface area (Å²) >= 11 is 0. The van der Waals surface area contributed by atoms with E-state index in [0.29, 0.717) is 12.1 Å². The Morgan fingerprint density at radius 3 is 2.50 bits per heavy atom. The highest BCUT2D eigenvalue weighted by Gasteiger charge is 2.34. The second kappa shape index (κ2) is 7.47. The summed E-state index contributed by atoms with van der Waals surface area (Å²) in [4.78, 5) is 0. The molecule has 0 saturated carbocycles. The van der Waals surface area contributed by atoms with E-state index in [9.17, 15) is 17.6 Å². The van der Waals surface area contributed by atoms with Gasteiger partial charge >= 0.3 is 6.18 Å². The van der Waals surface area contributed by atoms with E-state index in [1.54, 1.807) is 6.07 Å². The van der Waals surface area contributed by atoms with E-state index in [1.165, 1.54) is 6.07 Å². The SMILES string of the molecule is CC(C)NCc1ccc(OCCCF)c(C(F)(F)F)c1. The van der Waals surface area contributed by atoms with Crippen LogP contribution in [0.1, 0.15) is 31.4 Å². The first-order chi connectivity index (χ1) is 9.34. The van der Waals surface area contributed by atoms with E-state index in [2.05, 4.69) is 5.32 Å². The number of hydrogen-bond donors (Lipinski definition) is 1. The summed E-state index contributed by atoms with van der Waals surface area (Å²) in [6, 6.07) is 4.12. The van der Waals surface area contributed by atoms with Crippen molar-refractivity contribution in [2.24, 2.45) is 0 Å². The highest BCUT2D eigenvalue weighted by molar-refractivity contribution is 5.39. The summed E-state index contributed by atoms with van der Waals surface area (Å²) in [7, 11) is 0. The van der Waals surface area contributed by atoms with Gasteiger partial charge < -0.3 is 10.1 Å². The van der Waals surface area contributed by atoms with Crippen LogP contribution < -0.4 is 10.1 Å². The van der Waals surface area contributed by atoms with Crippen LogP contribution in [0.25, 0.3) is 0 Å². The van der Waals surface area contributed by atoms with Crippen LogP contribution in [0, 0.1) is 0 Å². The molecular weight excluding hydrogens is 274 g/mol. The molecule has 0 heterocycles. The molecule has 0 atom stereocenters. The Kier molecular flexibility index (Phi) is 6.26. The topological polar surface area (TPSA) is 21.3 Å². The minimum absolute atomic E-state index is 0.0663. The van der Waals surface area contributed by atoms with Crippen LogP contribution in [0.15, 0.2) is 18.2 Å². The summed E-state index contributed by atoms with van der Waals surface area (Å²) in [5, 5.41) is 3.05. The van der Waals surface area contributed by atoms with Gasteiger partial charge in [0.25, 0.3) is 0 Å². The maximum Gasteiger partial charge on any atom is 0.419 e. The Bertz CT molecular complexity index is 418. The van der Waals surface area contributed by atoms with Crippen molar-refractivity contribution in [1.82, 2.24) is 5.32 Å². The summed E-state index contributed by atoms with van der Waals surface area (Å²) < 4.78 is 55.9. The Morgan fingerprint density at radius 1 is 1.25 bits per heavy atom. The fraction of sp³-hybridized carbons (Fsp3) is 0.571. The lowest BCUT2D eigenvalue weighted by atomic mass is 10.1. The molecule has 2 nitrogen and oxygen atoms in total. The van der Waals surface area contributed by atoms with Gasteiger partial charge in [0.05, 0.1) is 18.8 Å². The van der Waals surface area contributed by atoms with Crippen LogP contribution in [0.4, 0.5) is 17.6 Å².